The first-order valence-electron chi connectivity index (χ1n) is 26.0. The van der Waals surface area contributed by atoms with E-state index in [1.807, 2.05) is 97.2 Å². The van der Waals surface area contributed by atoms with E-state index in [1.54, 1.807) is 0 Å². The molecular weight excluding hydrogens is 817 g/mol. The fourth-order valence-electron chi connectivity index (χ4n) is 6.49. The minimum Gasteiger partial charge on any atom is -0.462 e. The minimum atomic E-state index is -0.822. The van der Waals surface area contributed by atoms with Crippen molar-refractivity contribution in [2.24, 2.45) is 0 Å². The lowest BCUT2D eigenvalue weighted by Gasteiger charge is -2.18. The smallest absolute Gasteiger partial charge is 0.306 e. The molecule has 66 heavy (non-hydrogen) atoms. The van der Waals surface area contributed by atoms with Crippen molar-refractivity contribution in [3.05, 3.63) is 146 Å². The molecule has 6 nitrogen and oxygen atoms in total. The molecule has 0 aliphatic heterocycles. The third-order valence-electron chi connectivity index (χ3n) is 10.3. The second-order valence-electron chi connectivity index (χ2n) is 16.6. The van der Waals surface area contributed by atoms with Crippen molar-refractivity contribution in [1.29, 1.82) is 0 Å². The van der Waals surface area contributed by atoms with E-state index in [-0.39, 0.29) is 37.5 Å². The summed E-state index contributed by atoms with van der Waals surface area (Å²) in [5, 5.41) is 0. The lowest BCUT2D eigenvalue weighted by atomic mass is 10.1. The number of carbonyl (C=O) groups excluding carboxylic acids is 3. The molecule has 0 bridgehead atoms. The molecule has 0 aliphatic carbocycles. The lowest BCUT2D eigenvalue weighted by molar-refractivity contribution is -0.167. The lowest BCUT2D eigenvalue weighted by Crippen LogP contribution is -2.30. The van der Waals surface area contributed by atoms with Crippen molar-refractivity contribution < 1.29 is 28.6 Å². The number of unbranched alkanes of at least 4 members (excludes halogenated alkanes) is 18. The largest absolute Gasteiger partial charge is 0.462 e. The van der Waals surface area contributed by atoms with Crippen LogP contribution in [0.2, 0.25) is 0 Å². The second kappa shape index (κ2) is 52.9. The zero-order chi connectivity index (χ0) is 47.9. The molecule has 0 aliphatic rings. The normalized spacial score (nSPS) is 13.3. The van der Waals surface area contributed by atoms with E-state index in [0.717, 1.165) is 103 Å². The van der Waals surface area contributed by atoms with E-state index in [4.69, 9.17) is 14.2 Å². The zero-order valence-corrected chi connectivity index (χ0v) is 41.9. The summed E-state index contributed by atoms with van der Waals surface area (Å²) in [6, 6.07) is 0. The Morgan fingerprint density at radius 1 is 0.318 bits per heavy atom. The highest BCUT2D eigenvalue weighted by atomic mass is 16.6. The zero-order valence-electron chi connectivity index (χ0n) is 41.9. The molecule has 0 heterocycles. The number of hydrogen-bond donors (Lipinski definition) is 0. The summed E-state index contributed by atoms with van der Waals surface area (Å²) < 4.78 is 16.7. The van der Waals surface area contributed by atoms with Gasteiger partial charge in [-0.1, -0.05) is 237 Å². The number of allylic oxidation sites excluding steroid dienone is 24. The first-order valence-corrected chi connectivity index (χ1v) is 26.0. The average Bonchev–Trinajstić information content (AvgIpc) is 3.31. The predicted molar refractivity (Wildman–Crippen MR) is 283 cm³/mol. The van der Waals surface area contributed by atoms with E-state index in [9.17, 15) is 14.4 Å². The molecule has 0 saturated heterocycles. The summed E-state index contributed by atoms with van der Waals surface area (Å²) in [6.07, 6.45) is 75.3. The quantitative estimate of drug-likeness (QED) is 0.0199. The Kier molecular flexibility index (Phi) is 49.1. The van der Waals surface area contributed by atoms with Gasteiger partial charge in [0.05, 0.1) is 0 Å². The second-order valence-corrected chi connectivity index (χ2v) is 16.6. The van der Waals surface area contributed by atoms with Crippen molar-refractivity contribution in [3.8, 4) is 0 Å². The first kappa shape index (κ1) is 61.3. The highest BCUT2D eigenvalue weighted by Crippen LogP contribution is 2.13. The van der Waals surface area contributed by atoms with Gasteiger partial charge in [-0.05, 0) is 83.5 Å². The van der Waals surface area contributed by atoms with E-state index in [2.05, 4.69) is 69.4 Å². The van der Waals surface area contributed by atoms with E-state index in [1.165, 1.54) is 44.9 Å². The van der Waals surface area contributed by atoms with Crippen LogP contribution in [0.15, 0.2) is 146 Å². The summed E-state index contributed by atoms with van der Waals surface area (Å²) in [7, 11) is 0. The maximum atomic E-state index is 12.8. The van der Waals surface area contributed by atoms with Crippen LogP contribution in [-0.2, 0) is 28.6 Å². The average molecular weight is 909 g/mol. The predicted octanol–water partition coefficient (Wildman–Crippen LogP) is 17.3. The third kappa shape index (κ3) is 50.3. The Morgan fingerprint density at radius 3 is 0.985 bits per heavy atom. The van der Waals surface area contributed by atoms with Gasteiger partial charge in [0.25, 0.3) is 0 Å². The molecule has 0 aromatic rings. The molecule has 368 valence electrons. The van der Waals surface area contributed by atoms with E-state index >= 15 is 0 Å². The van der Waals surface area contributed by atoms with Crippen LogP contribution in [-0.4, -0.2) is 37.2 Å². The van der Waals surface area contributed by atoms with Gasteiger partial charge in [0.15, 0.2) is 6.10 Å². The van der Waals surface area contributed by atoms with Gasteiger partial charge in [-0.15, -0.1) is 0 Å². The Labute approximate surface area is 404 Å². The van der Waals surface area contributed by atoms with Gasteiger partial charge < -0.3 is 14.2 Å². The topological polar surface area (TPSA) is 78.9 Å². The molecule has 0 N–H and O–H groups in total. The van der Waals surface area contributed by atoms with Crippen LogP contribution in [0, 0.1) is 0 Å². The van der Waals surface area contributed by atoms with Gasteiger partial charge in [0, 0.05) is 19.3 Å². The molecular formula is C60H92O6. The standard InChI is InChI=1S/C60H92O6/c1-4-7-10-13-16-19-22-25-28-29-30-31-33-35-38-41-44-47-50-53-59(62)65-56-57(55-64-58(61)52-49-46-43-40-37-34-27-24-21-18-15-12-9-6-3)66-60(63)54-51-48-45-42-39-36-32-26-23-20-17-14-11-8-5-2/h7-8,10-11,13-14,16-17,19-20,22-23,25-26,28-35,37-38,57H,4-6,9,12,15,18,21,24,27,36,39-56H2,1-3H3/b10-7-,11-8-,16-13-,17-14-,22-19-,23-20-,28-25-,30-29+,32-26-,33-31-,37-34-,38-35-. The van der Waals surface area contributed by atoms with Crippen molar-refractivity contribution in [2.45, 2.75) is 200 Å². The SMILES string of the molecule is CC\C=C/C=C\C=C/C=C\C=C\C=C/C=C\CCCCCC(=O)OCC(COC(=O)CCCCC/C=C\CCCCCCCCC)OC(=O)CCCCCCC\C=C/C=C\C=C/C=C\CC. The summed E-state index contributed by atoms with van der Waals surface area (Å²) in [4.78, 5) is 38.0. The number of ether oxygens (including phenoxy) is 3. The maximum absolute atomic E-state index is 12.8. The molecule has 0 spiro atoms. The third-order valence-corrected chi connectivity index (χ3v) is 10.3. The fourth-order valence-corrected chi connectivity index (χ4v) is 6.49. The molecule has 0 aromatic carbocycles. The molecule has 0 aromatic heterocycles. The van der Waals surface area contributed by atoms with Gasteiger partial charge in [0.1, 0.15) is 13.2 Å². The molecule has 1 unspecified atom stereocenters. The van der Waals surface area contributed by atoms with Crippen LogP contribution in [0.1, 0.15) is 194 Å². The number of hydrogen-bond acceptors (Lipinski definition) is 6. The van der Waals surface area contributed by atoms with Crippen molar-refractivity contribution in [1.82, 2.24) is 0 Å². The Hall–Kier alpha value is -4.71. The maximum Gasteiger partial charge on any atom is 0.306 e. The van der Waals surface area contributed by atoms with Crippen LogP contribution in [0.4, 0.5) is 0 Å². The van der Waals surface area contributed by atoms with Crippen LogP contribution in [0.5, 0.6) is 0 Å². The van der Waals surface area contributed by atoms with E-state index < -0.39 is 6.10 Å². The van der Waals surface area contributed by atoms with Crippen molar-refractivity contribution in [3.63, 3.8) is 0 Å². The summed E-state index contributed by atoms with van der Waals surface area (Å²) in [6.45, 7) is 6.25. The molecule has 0 radical (unpaired) electrons. The number of carbonyl (C=O) groups is 3. The molecule has 0 fully saturated rings. The molecule has 6 heteroatoms. The molecule has 0 amide bonds. The van der Waals surface area contributed by atoms with Crippen LogP contribution >= 0.6 is 0 Å². The van der Waals surface area contributed by atoms with Gasteiger partial charge in [-0.2, -0.15) is 0 Å². The highest BCUT2D eigenvalue weighted by Gasteiger charge is 2.19. The highest BCUT2D eigenvalue weighted by molar-refractivity contribution is 5.71. The molecule has 0 saturated carbocycles. The number of esters is 3. The van der Waals surface area contributed by atoms with E-state index in [0.29, 0.717) is 19.3 Å². The Balaban J connectivity index is 4.59. The summed E-state index contributed by atoms with van der Waals surface area (Å²) in [5.41, 5.74) is 0. The van der Waals surface area contributed by atoms with Crippen LogP contribution in [0.3, 0.4) is 0 Å². The Morgan fingerprint density at radius 2 is 0.606 bits per heavy atom. The minimum absolute atomic E-state index is 0.117. The van der Waals surface area contributed by atoms with Crippen molar-refractivity contribution in [2.75, 3.05) is 13.2 Å². The van der Waals surface area contributed by atoms with Gasteiger partial charge in [-0.25, -0.2) is 0 Å². The van der Waals surface area contributed by atoms with Crippen LogP contribution < -0.4 is 0 Å². The van der Waals surface area contributed by atoms with Gasteiger partial charge in [-0.3, -0.25) is 14.4 Å². The monoisotopic (exact) mass is 909 g/mol. The van der Waals surface area contributed by atoms with Gasteiger partial charge in [0.2, 0.25) is 0 Å². The molecule has 0 rings (SSSR count). The fraction of sp³-hybridized carbons (Fsp3) is 0.550. The van der Waals surface area contributed by atoms with Gasteiger partial charge >= 0.3 is 17.9 Å². The molecule has 1 atom stereocenters. The number of rotatable bonds is 44. The first-order chi connectivity index (χ1) is 32.5. The summed E-state index contributed by atoms with van der Waals surface area (Å²) in [5.74, 6) is -1.01. The summed E-state index contributed by atoms with van der Waals surface area (Å²) >= 11 is 0. The van der Waals surface area contributed by atoms with Crippen LogP contribution in [0.25, 0.3) is 0 Å². The van der Waals surface area contributed by atoms with Crippen molar-refractivity contribution >= 4 is 17.9 Å². The Bertz CT molecular complexity index is 1510.